The van der Waals surface area contributed by atoms with E-state index in [0.29, 0.717) is 19.0 Å². The molecule has 2 heterocycles. The molecule has 0 aliphatic rings. The summed E-state index contributed by atoms with van der Waals surface area (Å²) in [6.07, 6.45) is 2.67. The lowest BCUT2D eigenvalue weighted by Crippen LogP contribution is -2.13. The van der Waals surface area contributed by atoms with Gasteiger partial charge in [-0.1, -0.05) is 19.9 Å². The normalized spacial score (nSPS) is 10.8. The Balaban J connectivity index is 2.10. The van der Waals surface area contributed by atoms with E-state index in [4.69, 9.17) is 10.5 Å². The SMILES string of the molecule is CCc1nnc(OCCc2cccs2)c(CN)c1CC. The zero-order chi connectivity index (χ0) is 14.4. The summed E-state index contributed by atoms with van der Waals surface area (Å²) in [5.74, 6) is 0.595. The smallest absolute Gasteiger partial charge is 0.238 e. The molecule has 108 valence electrons. The molecular formula is C15H21N3OS. The molecule has 0 saturated heterocycles. The third kappa shape index (κ3) is 3.35. The summed E-state index contributed by atoms with van der Waals surface area (Å²) >= 11 is 1.74. The molecule has 0 spiro atoms. The second kappa shape index (κ2) is 7.36. The van der Waals surface area contributed by atoms with E-state index < -0.39 is 0 Å². The van der Waals surface area contributed by atoms with E-state index in [9.17, 15) is 0 Å². The molecule has 0 fully saturated rings. The number of rotatable bonds is 7. The zero-order valence-corrected chi connectivity index (χ0v) is 12.9. The Bertz CT molecular complexity index is 540. The summed E-state index contributed by atoms with van der Waals surface area (Å²) in [5, 5.41) is 10.5. The average molecular weight is 291 g/mol. The van der Waals surface area contributed by atoms with Gasteiger partial charge in [0.2, 0.25) is 5.88 Å². The van der Waals surface area contributed by atoms with Gasteiger partial charge in [-0.3, -0.25) is 0 Å². The monoisotopic (exact) mass is 291 g/mol. The number of aromatic nitrogens is 2. The maximum absolute atomic E-state index is 5.87. The van der Waals surface area contributed by atoms with Crippen LogP contribution in [0, 0.1) is 0 Å². The molecule has 2 rings (SSSR count). The molecule has 2 aromatic rings. The van der Waals surface area contributed by atoms with E-state index in [1.165, 1.54) is 10.4 Å². The summed E-state index contributed by atoms with van der Waals surface area (Å²) in [5.41, 5.74) is 9.09. The van der Waals surface area contributed by atoms with Crippen molar-refractivity contribution >= 4 is 11.3 Å². The summed E-state index contributed by atoms with van der Waals surface area (Å²) in [6, 6.07) is 4.16. The third-order valence-electron chi connectivity index (χ3n) is 3.29. The van der Waals surface area contributed by atoms with Crippen molar-refractivity contribution < 1.29 is 4.74 Å². The number of nitrogens with zero attached hydrogens (tertiary/aromatic N) is 2. The van der Waals surface area contributed by atoms with Crippen LogP contribution in [0.15, 0.2) is 17.5 Å². The minimum atomic E-state index is 0.444. The Morgan fingerprint density at radius 1 is 1.20 bits per heavy atom. The van der Waals surface area contributed by atoms with E-state index in [2.05, 4.69) is 41.6 Å². The molecule has 2 N–H and O–H groups in total. The molecule has 0 bridgehead atoms. The standard InChI is InChI=1S/C15H21N3OS/c1-3-12-13(10-16)15(18-17-14(12)4-2)19-8-7-11-6-5-9-20-11/h5-6,9H,3-4,7-8,10,16H2,1-2H3. The van der Waals surface area contributed by atoms with Gasteiger partial charge in [-0.15, -0.1) is 16.4 Å². The van der Waals surface area contributed by atoms with Crippen molar-refractivity contribution in [1.29, 1.82) is 0 Å². The summed E-state index contributed by atoms with van der Waals surface area (Å²) in [7, 11) is 0. The van der Waals surface area contributed by atoms with Crippen molar-refractivity contribution in [3.05, 3.63) is 39.2 Å². The highest BCUT2D eigenvalue weighted by Crippen LogP contribution is 2.22. The Morgan fingerprint density at radius 3 is 2.65 bits per heavy atom. The second-order valence-corrected chi connectivity index (χ2v) is 5.53. The Labute approximate surface area is 124 Å². The molecule has 0 atom stereocenters. The quantitative estimate of drug-likeness (QED) is 0.852. The highest BCUT2D eigenvalue weighted by molar-refractivity contribution is 7.09. The Hall–Kier alpha value is -1.46. The fraction of sp³-hybridized carbons (Fsp3) is 0.467. The van der Waals surface area contributed by atoms with Crippen molar-refractivity contribution in [3.8, 4) is 5.88 Å². The molecule has 0 aliphatic heterocycles. The van der Waals surface area contributed by atoms with Crippen molar-refractivity contribution in [1.82, 2.24) is 10.2 Å². The van der Waals surface area contributed by atoms with Crippen LogP contribution in [0.3, 0.4) is 0 Å². The fourth-order valence-electron chi connectivity index (χ4n) is 2.26. The first-order chi connectivity index (χ1) is 9.80. The van der Waals surface area contributed by atoms with Gasteiger partial charge in [-0.05, 0) is 29.9 Å². The maximum atomic E-state index is 5.87. The van der Waals surface area contributed by atoms with Gasteiger partial charge in [0.05, 0.1) is 12.3 Å². The van der Waals surface area contributed by atoms with E-state index in [-0.39, 0.29) is 0 Å². The molecular weight excluding hydrogens is 270 g/mol. The maximum Gasteiger partial charge on any atom is 0.238 e. The van der Waals surface area contributed by atoms with Crippen LogP contribution in [0.25, 0.3) is 0 Å². The summed E-state index contributed by atoms with van der Waals surface area (Å²) in [4.78, 5) is 1.31. The zero-order valence-electron chi connectivity index (χ0n) is 12.1. The molecule has 0 radical (unpaired) electrons. The Kier molecular flexibility index (Phi) is 5.49. The lowest BCUT2D eigenvalue weighted by atomic mass is 10.0. The van der Waals surface area contributed by atoms with Crippen molar-refractivity contribution in [2.45, 2.75) is 39.7 Å². The van der Waals surface area contributed by atoms with E-state index in [0.717, 1.165) is 30.5 Å². The van der Waals surface area contributed by atoms with Crippen LogP contribution in [0.5, 0.6) is 5.88 Å². The predicted octanol–water partition coefficient (Wildman–Crippen LogP) is 2.74. The average Bonchev–Trinajstić information content (AvgIpc) is 2.99. The lowest BCUT2D eigenvalue weighted by Gasteiger charge is -2.14. The van der Waals surface area contributed by atoms with Crippen molar-refractivity contribution in [2.24, 2.45) is 5.73 Å². The molecule has 0 saturated carbocycles. The van der Waals surface area contributed by atoms with Crippen LogP contribution in [0.2, 0.25) is 0 Å². The van der Waals surface area contributed by atoms with Crippen LogP contribution in [0.4, 0.5) is 0 Å². The molecule has 0 unspecified atom stereocenters. The number of ether oxygens (including phenoxy) is 1. The molecule has 0 aliphatic carbocycles. The van der Waals surface area contributed by atoms with Gasteiger partial charge in [0, 0.05) is 23.4 Å². The minimum Gasteiger partial charge on any atom is -0.476 e. The molecule has 4 nitrogen and oxygen atoms in total. The molecule has 5 heteroatoms. The van der Waals surface area contributed by atoms with Crippen LogP contribution >= 0.6 is 11.3 Å². The molecule has 0 aromatic carbocycles. The molecule has 2 aromatic heterocycles. The van der Waals surface area contributed by atoms with Gasteiger partial charge < -0.3 is 10.5 Å². The van der Waals surface area contributed by atoms with Gasteiger partial charge in [0.25, 0.3) is 0 Å². The van der Waals surface area contributed by atoms with Crippen molar-refractivity contribution in [3.63, 3.8) is 0 Å². The molecule has 20 heavy (non-hydrogen) atoms. The number of thiophene rings is 1. The number of hydrogen-bond donors (Lipinski definition) is 1. The topological polar surface area (TPSA) is 61.0 Å². The second-order valence-electron chi connectivity index (χ2n) is 4.50. The first kappa shape index (κ1) is 14.9. The van der Waals surface area contributed by atoms with Crippen LogP contribution in [0.1, 0.15) is 35.5 Å². The van der Waals surface area contributed by atoms with E-state index in [1.807, 2.05) is 0 Å². The first-order valence-electron chi connectivity index (χ1n) is 7.02. The fourth-order valence-corrected chi connectivity index (χ4v) is 2.95. The van der Waals surface area contributed by atoms with Gasteiger partial charge in [-0.2, -0.15) is 5.10 Å². The van der Waals surface area contributed by atoms with Gasteiger partial charge in [0.15, 0.2) is 0 Å². The predicted molar refractivity (Wildman–Crippen MR) is 82.2 cm³/mol. The summed E-state index contributed by atoms with van der Waals surface area (Å²) < 4.78 is 5.80. The number of aryl methyl sites for hydroxylation is 1. The van der Waals surface area contributed by atoms with E-state index in [1.54, 1.807) is 11.3 Å². The number of hydrogen-bond acceptors (Lipinski definition) is 5. The van der Waals surface area contributed by atoms with Gasteiger partial charge in [0.1, 0.15) is 0 Å². The lowest BCUT2D eigenvalue weighted by molar-refractivity contribution is 0.302. The van der Waals surface area contributed by atoms with Crippen LogP contribution in [-0.4, -0.2) is 16.8 Å². The van der Waals surface area contributed by atoms with Crippen LogP contribution in [-0.2, 0) is 25.8 Å². The summed E-state index contributed by atoms with van der Waals surface area (Å²) in [6.45, 7) is 5.25. The van der Waals surface area contributed by atoms with E-state index >= 15 is 0 Å². The number of nitrogens with two attached hydrogens (primary N) is 1. The van der Waals surface area contributed by atoms with Gasteiger partial charge >= 0.3 is 0 Å². The van der Waals surface area contributed by atoms with Crippen molar-refractivity contribution in [2.75, 3.05) is 6.61 Å². The van der Waals surface area contributed by atoms with Gasteiger partial charge in [-0.25, -0.2) is 0 Å². The third-order valence-corrected chi connectivity index (χ3v) is 4.23. The largest absolute Gasteiger partial charge is 0.476 e. The van der Waals surface area contributed by atoms with Crippen LogP contribution < -0.4 is 10.5 Å². The first-order valence-corrected chi connectivity index (χ1v) is 7.90. The highest BCUT2D eigenvalue weighted by Gasteiger charge is 2.14. The highest BCUT2D eigenvalue weighted by atomic mass is 32.1. The minimum absolute atomic E-state index is 0.444. The Morgan fingerprint density at radius 2 is 2.05 bits per heavy atom. The molecule has 0 amide bonds.